The minimum absolute atomic E-state index is 0.0287. The van der Waals surface area contributed by atoms with E-state index in [4.69, 9.17) is 0 Å². The molecule has 1 aromatic carbocycles. The molecule has 0 saturated heterocycles. The summed E-state index contributed by atoms with van der Waals surface area (Å²) in [5, 5.41) is 25.2. The number of nitrogens with one attached hydrogen (secondary N) is 2. The molecule has 0 aromatic heterocycles. The summed E-state index contributed by atoms with van der Waals surface area (Å²) in [6.07, 6.45) is 0.143. The van der Waals surface area contributed by atoms with Gasteiger partial charge < -0.3 is 15.7 Å². The largest absolute Gasteiger partial charge is 0.393 e. The number of rotatable bonds is 6. The molecule has 21 heavy (non-hydrogen) atoms. The van der Waals surface area contributed by atoms with E-state index in [0.717, 1.165) is 0 Å². The molecule has 0 saturated carbocycles. The lowest BCUT2D eigenvalue weighted by Crippen LogP contribution is -2.38. The Hall–Kier alpha value is -2.15. The fourth-order valence-corrected chi connectivity index (χ4v) is 2.03. The number of nitro benzene ring substituents is 1. The Morgan fingerprint density at radius 2 is 1.95 bits per heavy atom. The number of non-ortho nitro benzene ring substituents is 1. The number of carbonyl (C=O) groups is 1. The maximum absolute atomic E-state index is 11.7. The number of hydrogen-bond acceptors (Lipinski definition) is 4. The number of aliphatic hydroxyl groups excluding tert-OH is 1. The summed E-state index contributed by atoms with van der Waals surface area (Å²) >= 11 is 0. The summed E-state index contributed by atoms with van der Waals surface area (Å²) in [6, 6.07) is 5.21. The zero-order valence-electron chi connectivity index (χ0n) is 12.4. The lowest BCUT2D eigenvalue weighted by atomic mass is 9.87. The Labute approximate surface area is 123 Å². The van der Waals surface area contributed by atoms with Crippen LogP contribution < -0.4 is 10.6 Å². The molecule has 7 nitrogen and oxygen atoms in total. The van der Waals surface area contributed by atoms with Crippen molar-refractivity contribution in [3.8, 4) is 0 Å². The summed E-state index contributed by atoms with van der Waals surface area (Å²) in [5.74, 6) is 0. The third kappa shape index (κ3) is 6.22. The van der Waals surface area contributed by atoms with Gasteiger partial charge in [-0.2, -0.15) is 0 Å². The maximum Gasteiger partial charge on any atom is 0.319 e. The molecule has 0 aliphatic carbocycles. The highest BCUT2D eigenvalue weighted by Crippen LogP contribution is 2.21. The van der Waals surface area contributed by atoms with Crippen molar-refractivity contribution in [3.63, 3.8) is 0 Å². The molecule has 1 unspecified atom stereocenters. The van der Waals surface area contributed by atoms with Gasteiger partial charge in [0.1, 0.15) is 0 Å². The van der Waals surface area contributed by atoms with Crippen LogP contribution in [0.15, 0.2) is 24.3 Å². The summed E-state index contributed by atoms with van der Waals surface area (Å²) in [5.41, 5.74) is 0.228. The molecule has 3 N–H and O–H groups in total. The van der Waals surface area contributed by atoms with Gasteiger partial charge in [-0.1, -0.05) is 13.8 Å². The summed E-state index contributed by atoms with van der Waals surface area (Å²) in [4.78, 5) is 21.8. The van der Waals surface area contributed by atoms with Crippen molar-refractivity contribution in [2.45, 2.75) is 33.3 Å². The number of carbonyl (C=O) groups excluding carboxylic acids is 1. The van der Waals surface area contributed by atoms with Crippen molar-refractivity contribution in [1.82, 2.24) is 5.32 Å². The van der Waals surface area contributed by atoms with Gasteiger partial charge in [-0.15, -0.1) is 0 Å². The van der Waals surface area contributed by atoms with Crippen LogP contribution in [-0.4, -0.2) is 28.7 Å². The fourth-order valence-electron chi connectivity index (χ4n) is 2.03. The Morgan fingerprint density at radius 1 is 1.38 bits per heavy atom. The van der Waals surface area contributed by atoms with Crippen molar-refractivity contribution < 1.29 is 14.8 Å². The van der Waals surface area contributed by atoms with Crippen molar-refractivity contribution in [3.05, 3.63) is 34.4 Å². The molecule has 0 radical (unpaired) electrons. The van der Waals surface area contributed by atoms with Crippen LogP contribution in [-0.2, 0) is 0 Å². The molecule has 116 valence electrons. The molecular weight excluding hydrogens is 274 g/mol. The molecule has 2 amide bonds. The number of urea groups is 1. The van der Waals surface area contributed by atoms with E-state index in [2.05, 4.69) is 10.6 Å². The molecule has 0 aliphatic heterocycles. The lowest BCUT2D eigenvalue weighted by molar-refractivity contribution is -0.384. The zero-order valence-corrected chi connectivity index (χ0v) is 12.4. The quantitative estimate of drug-likeness (QED) is 0.554. The number of nitro groups is 1. The van der Waals surface area contributed by atoms with Gasteiger partial charge in [0.2, 0.25) is 0 Å². The second-order valence-electron chi connectivity index (χ2n) is 5.83. The highest BCUT2D eigenvalue weighted by molar-refractivity contribution is 5.89. The topological polar surface area (TPSA) is 104 Å². The monoisotopic (exact) mass is 295 g/mol. The number of benzene rings is 1. The van der Waals surface area contributed by atoms with Gasteiger partial charge in [0.05, 0.1) is 11.0 Å². The zero-order chi connectivity index (χ0) is 16.0. The van der Waals surface area contributed by atoms with Crippen LogP contribution in [0.2, 0.25) is 0 Å². The van der Waals surface area contributed by atoms with Gasteiger partial charge in [-0.3, -0.25) is 10.1 Å². The van der Waals surface area contributed by atoms with E-state index in [0.29, 0.717) is 18.7 Å². The normalized spacial score (nSPS) is 12.6. The van der Waals surface area contributed by atoms with Gasteiger partial charge in [-0.05, 0) is 30.9 Å². The average Bonchev–Trinajstić information content (AvgIpc) is 2.36. The summed E-state index contributed by atoms with van der Waals surface area (Å²) < 4.78 is 0. The molecule has 1 rings (SSSR count). The summed E-state index contributed by atoms with van der Waals surface area (Å²) in [7, 11) is 0. The number of hydrogen-bond donors (Lipinski definition) is 3. The van der Waals surface area contributed by atoms with Crippen LogP contribution in [0.3, 0.4) is 0 Å². The SMILES string of the molecule is CC(O)CC(C)(C)CNC(=O)Nc1ccc([N+](=O)[O-])cc1. The first-order chi connectivity index (χ1) is 9.69. The average molecular weight is 295 g/mol. The second kappa shape index (κ2) is 7.03. The fraction of sp³-hybridized carbons (Fsp3) is 0.500. The first-order valence-corrected chi connectivity index (χ1v) is 6.67. The number of anilines is 1. The van der Waals surface area contributed by atoms with Gasteiger partial charge in [-0.25, -0.2) is 4.79 Å². The van der Waals surface area contributed by atoms with Crippen LogP contribution in [0, 0.1) is 15.5 Å². The van der Waals surface area contributed by atoms with E-state index < -0.39 is 11.0 Å². The molecule has 1 atom stereocenters. The Kier molecular flexibility index (Phi) is 5.66. The van der Waals surface area contributed by atoms with Gasteiger partial charge >= 0.3 is 6.03 Å². The minimum Gasteiger partial charge on any atom is -0.393 e. The van der Waals surface area contributed by atoms with Crippen LogP contribution in [0.5, 0.6) is 0 Å². The van der Waals surface area contributed by atoms with E-state index in [9.17, 15) is 20.0 Å². The first-order valence-electron chi connectivity index (χ1n) is 6.67. The molecular formula is C14H21N3O4. The van der Waals surface area contributed by atoms with Crippen LogP contribution in [0.25, 0.3) is 0 Å². The van der Waals surface area contributed by atoms with E-state index in [1.165, 1.54) is 24.3 Å². The van der Waals surface area contributed by atoms with Gasteiger partial charge in [0.15, 0.2) is 0 Å². The third-order valence-electron chi connectivity index (χ3n) is 2.91. The standard InChI is InChI=1S/C14H21N3O4/c1-10(18)8-14(2,3)9-15-13(19)16-11-4-6-12(7-5-11)17(20)21/h4-7,10,18H,8-9H2,1-3H3,(H2,15,16,19). The molecule has 1 aromatic rings. The summed E-state index contributed by atoms with van der Waals surface area (Å²) in [6.45, 7) is 6.02. The van der Waals surface area contributed by atoms with Crippen molar-refractivity contribution in [2.24, 2.45) is 5.41 Å². The van der Waals surface area contributed by atoms with Crippen LogP contribution >= 0.6 is 0 Å². The van der Waals surface area contributed by atoms with E-state index >= 15 is 0 Å². The highest BCUT2D eigenvalue weighted by atomic mass is 16.6. The van der Waals surface area contributed by atoms with Crippen molar-refractivity contribution in [2.75, 3.05) is 11.9 Å². The molecule has 0 fully saturated rings. The Morgan fingerprint density at radius 3 is 2.43 bits per heavy atom. The molecule has 0 spiro atoms. The van der Waals surface area contributed by atoms with Crippen LogP contribution in [0.1, 0.15) is 27.2 Å². The smallest absolute Gasteiger partial charge is 0.319 e. The van der Waals surface area contributed by atoms with Gasteiger partial charge in [0.25, 0.3) is 5.69 Å². The van der Waals surface area contributed by atoms with E-state index in [1.54, 1.807) is 6.92 Å². The van der Waals surface area contributed by atoms with E-state index in [1.807, 2.05) is 13.8 Å². The minimum atomic E-state index is -0.498. The third-order valence-corrected chi connectivity index (χ3v) is 2.91. The lowest BCUT2D eigenvalue weighted by Gasteiger charge is -2.26. The highest BCUT2D eigenvalue weighted by Gasteiger charge is 2.21. The maximum atomic E-state index is 11.7. The number of aliphatic hydroxyl groups is 1. The molecule has 0 heterocycles. The van der Waals surface area contributed by atoms with E-state index in [-0.39, 0.29) is 17.1 Å². The second-order valence-corrected chi connectivity index (χ2v) is 5.83. The Balaban J connectivity index is 2.48. The first kappa shape index (κ1) is 16.9. The molecule has 0 aliphatic rings. The van der Waals surface area contributed by atoms with Gasteiger partial charge in [0, 0.05) is 24.4 Å². The molecule has 0 bridgehead atoms. The number of amides is 2. The predicted molar refractivity (Wildman–Crippen MR) is 80.2 cm³/mol. The van der Waals surface area contributed by atoms with Crippen LogP contribution in [0.4, 0.5) is 16.2 Å². The van der Waals surface area contributed by atoms with Crippen molar-refractivity contribution in [1.29, 1.82) is 0 Å². The predicted octanol–water partition coefficient (Wildman–Crippen LogP) is 2.51. The number of nitrogens with zero attached hydrogens (tertiary/aromatic N) is 1. The van der Waals surface area contributed by atoms with Crippen molar-refractivity contribution >= 4 is 17.4 Å². The molecule has 7 heteroatoms. The Bertz CT molecular complexity index is 497.